The highest BCUT2D eigenvalue weighted by Gasteiger charge is 2.39. The topological polar surface area (TPSA) is 70.1 Å². The monoisotopic (exact) mass is 352 g/mol. The summed E-state index contributed by atoms with van der Waals surface area (Å²) in [5.41, 5.74) is -0.0399. The highest BCUT2D eigenvalue weighted by atomic mass is 19.1. The average molecular weight is 352 g/mol. The summed E-state index contributed by atoms with van der Waals surface area (Å²) in [7, 11) is 0. The smallest absolute Gasteiger partial charge is 0.408 e. The zero-order valence-corrected chi connectivity index (χ0v) is 14.9. The molecule has 1 saturated heterocycles. The average Bonchev–Trinajstić information content (AvgIpc) is 2.54. The first kappa shape index (κ1) is 19.2. The molecule has 0 spiro atoms. The highest BCUT2D eigenvalue weighted by molar-refractivity contribution is 5.86. The van der Waals surface area contributed by atoms with Crippen molar-refractivity contribution in [1.29, 1.82) is 0 Å². The highest BCUT2D eigenvalue weighted by Crippen LogP contribution is 2.22. The first-order valence-electron chi connectivity index (χ1n) is 8.33. The molecule has 1 aromatic carbocycles. The van der Waals surface area contributed by atoms with Crippen LogP contribution in [0.1, 0.15) is 26.3 Å². The van der Waals surface area contributed by atoms with Crippen LogP contribution in [0.2, 0.25) is 0 Å². The number of nitrogens with zero attached hydrogens (tertiary/aromatic N) is 2. The lowest BCUT2D eigenvalue weighted by Crippen LogP contribution is -2.59. The summed E-state index contributed by atoms with van der Waals surface area (Å²) in [6, 6.07) is 4.91. The summed E-state index contributed by atoms with van der Waals surface area (Å²) in [6.07, 6.45) is -0.957. The number of morpholine rings is 1. The second kappa shape index (κ2) is 7.82. The van der Waals surface area contributed by atoms with Crippen molar-refractivity contribution in [3.05, 3.63) is 35.6 Å². The molecular formula is C18H25FN2O4. The summed E-state index contributed by atoms with van der Waals surface area (Å²) in [6.45, 7) is 7.03. The van der Waals surface area contributed by atoms with E-state index in [0.717, 1.165) is 0 Å². The van der Waals surface area contributed by atoms with Gasteiger partial charge in [-0.1, -0.05) is 12.1 Å². The fraction of sp³-hybridized carbons (Fsp3) is 0.556. The minimum Gasteiger partial charge on any atom is -0.465 e. The van der Waals surface area contributed by atoms with Gasteiger partial charge in [0, 0.05) is 25.0 Å². The lowest BCUT2D eigenvalue weighted by molar-refractivity contribution is -0.142. The molecule has 0 unspecified atom stereocenters. The van der Waals surface area contributed by atoms with E-state index in [9.17, 15) is 19.1 Å². The van der Waals surface area contributed by atoms with E-state index in [0.29, 0.717) is 31.9 Å². The molecule has 1 N–H and O–H groups in total. The second-order valence-electron chi connectivity index (χ2n) is 7.11. The number of carbonyl (C=O) groups is 2. The Bertz CT molecular complexity index is 606. The molecule has 1 atom stereocenters. The Hall–Kier alpha value is -2.15. The van der Waals surface area contributed by atoms with Crippen LogP contribution in [0.4, 0.5) is 9.18 Å². The lowest BCUT2D eigenvalue weighted by atomic mass is 9.97. The molecule has 138 valence electrons. The van der Waals surface area contributed by atoms with Gasteiger partial charge in [0.2, 0.25) is 5.91 Å². The van der Waals surface area contributed by atoms with Crippen LogP contribution in [0.5, 0.6) is 0 Å². The van der Waals surface area contributed by atoms with Gasteiger partial charge in [-0.15, -0.1) is 0 Å². The van der Waals surface area contributed by atoms with Crippen LogP contribution in [0, 0.1) is 5.82 Å². The lowest BCUT2D eigenvalue weighted by Gasteiger charge is -2.41. The van der Waals surface area contributed by atoms with Crippen LogP contribution in [0.25, 0.3) is 0 Å². The Morgan fingerprint density at radius 2 is 1.80 bits per heavy atom. The van der Waals surface area contributed by atoms with Crippen molar-refractivity contribution in [2.75, 3.05) is 26.3 Å². The molecule has 6 nitrogen and oxygen atoms in total. The van der Waals surface area contributed by atoms with E-state index in [1.165, 1.54) is 17.0 Å². The number of carboxylic acid groups (broad SMARTS) is 1. The van der Waals surface area contributed by atoms with Crippen molar-refractivity contribution < 1.29 is 23.8 Å². The van der Waals surface area contributed by atoms with Crippen LogP contribution >= 0.6 is 0 Å². The number of benzene rings is 1. The summed E-state index contributed by atoms with van der Waals surface area (Å²) < 4.78 is 18.4. The van der Waals surface area contributed by atoms with Crippen molar-refractivity contribution in [2.24, 2.45) is 0 Å². The van der Waals surface area contributed by atoms with Gasteiger partial charge < -0.3 is 14.7 Å². The molecule has 0 aliphatic carbocycles. The van der Waals surface area contributed by atoms with Crippen LogP contribution in [0.3, 0.4) is 0 Å². The zero-order chi connectivity index (χ0) is 18.6. The van der Waals surface area contributed by atoms with Crippen LogP contribution in [0.15, 0.2) is 24.3 Å². The maximum atomic E-state index is 13.2. The predicted octanol–water partition coefficient (Wildman–Crippen LogP) is 2.37. The molecule has 2 rings (SSSR count). The number of hydrogen-bond donors (Lipinski definition) is 1. The van der Waals surface area contributed by atoms with Crippen LogP contribution in [-0.2, 0) is 16.0 Å². The maximum absolute atomic E-state index is 13.2. The molecule has 1 fully saturated rings. The maximum Gasteiger partial charge on any atom is 0.408 e. The van der Waals surface area contributed by atoms with E-state index in [1.807, 2.05) is 0 Å². The van der Waals surface area contributed by atoms with E-state index in [-0.39, 0.29) is 18.1 Å². The Kier molecular flexibility index (Phi) is 6.00. The Balaban J connectivity index is 2.33. The fourth-order valence-corrected chi connectivity index (χ4v) is 3.02. The van der Waals surface area contributed by atoms with Crippen molar-refractivity contribution in [3.63, 3.8) is 0 Å². The summed E-state index contributed by atoms with van der Waals surface area (Å²) in [4.78, 5) is 27.8. The van der Waals surface area contributed by atoms with E-state index >= 15 is 0 Å². The molecule has 1 aromatic rings. The molecule has 0 aromatic heterocycles. The molecule has 1 aliphatic heterocycles. The molecule has 0 radical (unpaired) electrons. The standard InChI is InChI=1S/C18H25FN2O4/c1-18(2,3)21(17(23)24)15(12-13-4-6-14(19)7-5-13)16(22)20-8-10-25-11-9-20/h4-7,15H,8-12H2,1-3H3,(H,23,24)/t15-/m0/s1. The van der Waals surface area contributed by atoms with Crippen molar-refractivity contribution in [1.82, 2.24) is 9.80 Å². The number of amides is 2. The van der Waals surface area contributed by atoms with E-state index < -0.39 is 17.7 Å². The van der Waals surface area contributed by atoms with Crippen LogP contribution < -0.4 is 0 Å². The molecule has 2 amide bonds. The Labute approximate surface area is 147 Å². The van der Waals surface area contributed by atoms with Gasteiger partial charge in [-0.2, -0.15) is 0 Å². The third kappa shape index (κ3) is 4.92. The van der Waals surface area contributed by atoms with Gasteiger partial charge in [0.15, 0.2) is 0 Å². The third-order valence-electron chi connectivity index (χ3n) is 4.19. The molecular weight excluding hydrogens is 327 g/mol. The van der Waals surface area contributed by atoms with Gasteiger partial charge in [-0.3, -0.25) is 9.69 Å². The quantitative estimate of drug-likeness (QED) is 0.903. The number of hydrogen-bond acceptors (Lipinski definition) is 3. The minimum absolute atomic E-state index is 0.194. The van der Waals surface area contributed by atoms with Crippen molar-refractivity contribution in [2.45, 2.75) is 38.8 Å². The van der Waals surface area contributed by atoms with Crippen LogP contribution in [-0.4, -0.2) is 64.8 Å². The van der Waals surface area contributed by atoms with Gasteiger partial charge in [-0.05, 0) is 38.5 Å². The van der Waals surface area contributed by atoms with Gasteiger partial charge in [0.1, 0.15) is 11.9 Å². The van der Waals surface area contributed by atoms with Gasteiger partial charge >= 0.3 is 6.09 Å². The number of halogens is 1. The normalized spacial score (nSPS) is 16.4. The summed E-state index contributed by atoms with van der Waals surface area (Å²) >= 11 is 0. The van der Waals surface area contributed by atoms with E-state index in [2.05, 4.69) is 0 Å². The first-order valence-corrected chi connectivity index (χ1v) is 8.33. The zero-order valence-electron chi connectivity index (χ0n) is 14.9. The van der Waals surface area contributed by atoms with Gasteiger partial charge in [0.05, 0.1) is 13.2 Å². The fourth-order valence-electron chi connectivity index (χ4n) is 3.02. The molecule has 0 bridgehead atoms. The first-order chi connectivity index (χ1) is 11.7. The van der Waals surface area contributed by atoms with E-state index in [4.69, 9.17) is 4.74 Å². The summed E-state index contributed by atoms with van der Waals surface area (Å²) in [5, 5.41) is 9.72. The predicted molar refractivity (Wildman–Crippen MR) is 90.9 cm³/mol. The minimum atomic E-state index is -1.15. The van der Waals surface area contributed by atoms with Crippen molar-refractivity contribution >= 4 is 12.0 Å². The third-order valence-corrected chi connectivity index (χ3v) is 4.19. The largest absolute Gasteiger partial charge is 0.465 e. The van der Waals surface area contributed by atoms with Gasteiger partial charge in [-0.25, -0.2) is 9.18 Å². The number of ether oxygens (including phenoxy) is 1. The second-order valence-corrected chi connectivity index (χ2v) is 7.11. The molecule has 1 aliphatic rings. The van der Waals surface area contributed by atoms with Gasteiger partial charge in [0.25, 0.3) is 0 Å². The SMILES string of the molecule is CC(C)(C)N(C(=O)O)[C@@H](Cc1ccc(F)cc1)C(=O)N1CCOCC1. The van der Waals surface area contributed by atoms with E-state index in [1.54, 1.807) is 37.8 Å². The molecule has 1 heterocycles. The number of carbonyl (C=O) groups excluding carboxylic acids is 1. The molecule has 0 saturated carbocycles. The summed E-state index contributed by atoms with van der Waals surface area (Å²) in [5.74, 6) is -0.615. The Morgan fingerprint density at radius 1 is 1.24 bits per heavy atom. The Morgan fingerprint density at radius 3 is 2.28 bits per heavy atom. The molecule has 25 heavy (non-hydrogen) atoms. The van der Waals surface area contributed by atoms with Crippen molar-refractivity contribution in [3.8, 4) is 0 Å². The molecule has 7 heteroatoms. The number of rotatable bonds is 4.